The van der Waals surface area contributed by atoms with Gasteiger partial charge >= 0.3 is 0 Å². The zero-order valence-corrected chi connectivity index (χ0v) is 10.1. The summed E-state index contributed by atoms with van der Waals surface area (Å²) in [5, 5.41) is 1.10. The van der Waals surface area contributed by atoms with Gasteiger partial charge in [0.05, 0.1) is 11.6 Å². The fourth-order valence-corrected chi connectivity index (χ4v) is 2.11. The molecular weight excluding hydrogens is 224 g/mol. The van der Waals surface area contributed by atoms with Crippen LogP contribution in [0.5, 0.6) is 0 Å². The van der Waals surface area contributed by atoms with E-state index in [1.807, 2.05) is 42.1 Å². The first kappa shape index (κ1) is 10.9. The van der Waals surface area contributed by atoms with E-state index >= 15 is 0 Å². The van der Waals surface area contributed by atoms with Crippen LogP contribution in [0.4, 0.5) is 0 Å². The Bertz CT molecular complexity index is 687. The van der Waals surface area contributed by atoms with Gasteiger partial charge in [0.2, 0.25) is 0 Å². The lowest BCUT2D eigenvalue weighted by Gasteiger charge is -2.12. The van der Waals surface area contributed by atoms with Crippen molar-refractivity contribution in [3.63, 3.8) is 0 Å². The second kappa shape index (κ2) is 4.23. The molecule has 0 aliphatic heterocycles. The molecule has 2 aromatic heterocycles. The standard InChI is InChI=1S/C14H14N4/c1-18-8-7-17-14(18)13(15)11-4-5-12-10(9-11)3-2-6-16-12/h2-9,13H,15H2,1H3. The minimum atomic E-state index is -0.213. The first-order valence-corrected chi connectivity index (χ1v) is 5.83. The van der Waals surface area contributed by atoms with Crippen LogP contribution in [-0.2, 0) is 7.05 Å². The Morgan fingerprint density at radius 3 is 2.83 bits per heavy atom. The van der Waals surface area contributed by atoms with E-state index in [4.69, 9.17) is 5.73 Å². The molecule has 0 spiro atoms. The molecule has 0 saturated heterocycles. The van der Waals surface area contributed by atoms with Crippen molar-refractivity contribution in [1.29, 1.82) is 0 Å². The van der Waals surface area contributed by atoms with E-state index in [1.165, 1.54) is 0 Å². The maximum absolute atomic E-state index is 6.25. The van der Waals surface area contributed by atoms with Crippen molar-refractivity contribution in [1.82, 2.24) is 14.5 Å². The van der Waals surface area contributed by atoms with Gasteiger partial charge in [-0.2, -0.15) is 0 Å². The van der Waals surface area contributed by atoms with Crippen LogP contribution in [0.3, 0.4) is 0 Å². The van der Waals surface area contributed by atoms with Crippen molar-refractivity contribution in [2.75, 3.05) is 0 Å². The van der Waals surface area contributed by atoms with E-state index in [-0.39, 0.29) is 6.04 Å². The Labute approximate surface area is 105 Å². The summed E-state index contributed by atoms with van der Waals surface area (Å²) in [6.45, 7) is 0. The van der Waals surface area contributed by atoms with Crippen LogP contribution < -0.4 is 5.73 Å². The Hall–Kier alpha value is -2.20. The molecule has 0 bridgehead atoms. The fraction of sp³-hybridized carbons (Fsp3) is 0.143. The van der Waals surface area contributed by atoms with Gasteiger partial charge in [-0.05, 0) is 23.8 Å². The average molecular weight is 238 g/mol. The van der Waals surface area contributed by atoms with Crippen molar-refractivity contribution in [3.05, 3.63) is 60.3 Å². The maximum atomic E-state index is 6.25. The quantitative estimate of drug-likeness (QED) is 0.743. The number of imidazole rings is 1. The van der Waals surface area contributed by atoms with E-state index < -0.39 is 0 Å². The minimum absolute atomic E-state index is 0.213. The zero-order chi connectivity index (χ0) is 12.5. The normalized spacial score (nSPS) is 12.8. The number of nitrogens with zero attached hydrogens (tertiary/aromatic N) is 3. The van der Waals surface area contributed by atoms with Crippen molar-refractivity contribution < 1.29 is 0 Å². The highest BCUT2D eigenvalue weighted by atomic mass is 15.1. The van der Waals surface area contributed by atoms with Crippen LogP contribution in [0.15, 0.2) is 48.9 Å². The van der Waals surface area contributed by atoms with Gasteiger partial charge in [0, 0.05) is 31.0 Å². The van der Waals surface area contributed by atoms with Gasteiger partial charge < -0.3 is 10.3 Å². The summed E-state index contributed by atoms with van der Waals surface area (Å²) in [7, 11) is 1.95. The third kappa shape index (κ3) is 1.76. The van der Waals surface area contributed by atoms with Crippen molar-refractivity contribution in [2.24, 2.45) is 12.8 Å². The number of benzene rings is 1. The summed E-state index contributed by atoms with van der Waals surface area (Å²) in [5.74, 6) is 0.859. The van der Waals surface area contributed by atoms with E-state index in [0.717, 1.165) is 22.3 Å². The number of hydrogen-bond donors (Lipinski definition) is 1. The Balaban J connectivity index is 2.07. The molecule has 3 aromatic rings. The summed E-state index contributed by atoms with van der Waals surface area (Å²) >= 11 is 0. The van der Waals surface area contributed by atoms with Gasteiger partial charge in [0.15, 0.2) is 0 Å². The summed E-state index contributed by atoms with van der Waals surface area (Å²) in [4.78, 5) is 8.59. The van der Waals surface area contributed by atoms with E-state index in [9.17, 15) is 0 Å². The molecule has 0 aliphatic carbocycles. The highest BCUT2D eigenvalue weighted by Gasteiger charge is 2.13. The molecule has 0 fully saturated rings. The lowest BCUT2D eigenvalue weighted by molar-refractivity contribution is 0.717. The van der Waals surface area contributed by atoms with Crippen molar-refractivity contribution in [3.8, 4) is 0 Å². The second-order valence-corrected chi connectivity index (χ2v) is 4.33. The molecule has 1 unspecified atom stereocenters. The van der Waals surface area contributed by atoms with Crippen LogP contribution >= 0.6 is 0 Å². The number of rotatable bonds is 2. The number of pyridine rings is 1. The van der Waals surface area contributed by atoms with Gasteiger partial charge in [-0.1, -0.05) is 12.1 Å². The largest absolute Gasteiger partial charge is 0.336 e. The van der Waals surface area contributed by atoms with Crippen LogP contribution in [0.25, 0.3) is 10.9 Å². The molecule has 2 N–H and O–H groups in total. The van der Waals surface area contributed by atoms with Gasteiger partial charge in [-0.25, -0.2) is 4.98 Å². The second-order valence-electron chi connectivity index (χ2n) is 4.33. The Kier molecular flexibility index (Phi) is 2.57. The SMILES string of the molecule is Cn1ccnc1C(N)c1ccc2ncccc2c1. The van der Waals surface area contributed by atoms with Crippen LogP contribution in [0, 0.1) is 0 Å². The average Bonchev–Trinajstić information content (AvgIpc) is 2.83. The first-order chi connectivity index (χ1) is 8.75. The lowest BCUT2D eigenvalue weighted by Crippen LogP contribution is -2.16. The topological polar surface area (TPSA) is 56.7 Å². The number of aryl methyl sites for hydroxylation is 1. The van der Waals surface area contributed by atoms with Gasteiger partial charge in [0.25, 0.3) is 0 Å². The molecule has 1 atom stereocenters. The highest BCUT2D eigenvalue weighted by Crippen LogP contribution is 2.21. The van der Waals surface area contributed by atoms with Crippen molar-refractivity contribution >= 4 is 10.9 Å². The Morgan fingerprint density at radius 1 is 1.17 bits per heavy atom. The molecular formula is C14H14N4. The van der Waals surface area contributed by atoms with Gasteiger partial charge in [-0.3, -0.25) is 4.98 Å². The van der Waals surface area contributed by atoms with E-state index in [0.29, 0.717) is 0 Å². The lowest BCUT2D eigenvalue weighted by atomic mass is 10.0. The number of fused-ring (bicyclic) bond motifs is 1. The molecule has 0 saturated carbocycles. The summed E-state index contributed by atoms with van der Waals surface area (Å²) in [6, 6.07) is 9.83. The first-order valence-electron chi connectivity index (χ1n) is 5.83. The molecule has 4 heteroatoms. The third-order valence-electron chi connectivity index (χ3n) is 3.12. The highest BCUT2D eigenvalue weighted by molar-refractivity contribution is 5.79. The molecule has 0 amide bonds. The molecule has 4 nitrogen and oxygen atoms in total. The molecule has 3 rings (SSSR count). The molecule has 0 aliphatic rings. The molecule has 0 radical (unpaired) electrons. The summed E-state index contributed by atoms with van der Waals surface area (Å²) < 4.78 is 1.94. The van der Waals surface area contributed by atoms with E-state index in [2.05, 4.69) is 16.0 Å². The molecule has 18 heavy (non-hydrogen) atoms. The predicted octanol–water partition coefficient (Wildman–Crippen LogP) is 2.02. The van der Waals surface area contributed by atoms with Crippen LogP contribution in [0.2, 0.25) is 0 Å². The smallest absolute Gasteiger partial charge is 0.129 e. The third-order valence-corrected chi connectivity index (χ3v) is 3.12. The van der Waals surface area contributed by atoms with Crippen LogP contribution in [-0.4, -0.2) is 14.5 Å². The minimum Gasteiger partial charge on any atom is -0.336 e. The summed E-state index contributed by atoms with van der Waals surface area (Å²) in [6.07, 6.45) is 5.45. The van der Waals surface area contributed by atoms with Gasteiger partial charge in [-0.15, -0.1) is 0 Å². The maximum Gasteiger partial charge on any atom is 0.129 e. The predicted molar refractivity (Wildman–Crippen MR) is 71.0 cm³/mol. The van der Waals surface area contributed by atoms with Crippen LogP contribution in [0.1, 0.15) is 17.4 Å². The van der Waals surface area contributed by atoms with Crippen molar-refractivity contribution in [2.45, 2.75) is 6.04 Å². The summed E-state index contributed by atoms with van der Waals surface area (Å²) in [5.41, 5.74) is 8.27. The molecule has 2 heterocycles. The Morgan fingerprint density at radius 2 is 2.06 bits per heavy atom. The number of aromatic nitrogens is 3. The molecule has 90 valence electrons. The number of nitrogens with two attached hydrogens (primary N) is 1. The zero-order valence-electron chi connectivity index (χ0n) is 10.1. The molecule has 1 aromatic carbocycles. The van der Waals surface area contributed by atoms with E-state index in [1.54, 1.807) is 12.4 Å². The fourth-order valence-electron chi connectivity index (χ4n) is 2.11. The monoisotopic (exact) mass is 238 g/mol. The van der Waals surface area contributed by atoms with Gasteiger partial charge in [0.1, 0.15) is 5.82 Å². The number of hydrogen-bond acceptors (Lipinski definition) is 3.